The van der Waals surface area contributed by atoms with Crippen molar-refractivity contribution in [3.63, 3.8) is 0 Å². The molecular weight excluding hydrogens is 336 g/mol. The van der Waals surface area contributed by atoms with E-state index in [-0.39, 0.29) is 0 Å². The average Bonchev–Trinajstić information content (AvgIpc) is 2.64. The molecule has 0 amide bonds. The largest absolute Gasteiger partial charge is 0.513 e. The predicted molar refractivity (Wildman–Crippen MR) is 95.9 cm³/mol. The van der Waals surface area contributed by atoms with E-state index in [2.05, 4.69) is 0 Å². The quantitative estimate of drug-likeness (QED) is 0.297. The number of rotatable bonds is 8. The van der Waals surface area contributed by atoms with Crippen molar-refractivity contribution in [1.29, 1.82) is 0 Å². The van der Waals surface area contributed by atoms with Gasteiger partial charge in [-0.2, -0.15) is 0 Å². The molecule has 6 heteroatoms. The molecule has 0 N–H and O–H groups in total. The van der Waals surface area contributed by atoms with Crippen LogP contribution in [0.25, 0.3) is 0 Å². The van der Waals surface area contributed by atoms with Crippen LogP contribution in [0.4, 0.5) is 4.79 Å². The van der Waals surface area contributed by atoms with Crippen molar-refractivity contribution in [1.82, 2.24) is 0 Å². The molecule has 0 fully saturated rings. The summed E-state index contributed by atoms with van der Waals surface area (Å²) in [4.78, 5) is 23.6. The van der Waals surface area contributed by atoms with E-state index in [1.807, 2.05) is 13.8 Å². The maximum atomic E-state index is 12.1. The summed E-state index contributed by atoms with van der Waals surface area (Å²) in [6.07, 6.45) is 0.951. The maximum Gasteiger partial charge on any atom is 0.513 e. The van der Waals surface area contributed by atoms with E-state index >= 15 is 0 Å². The highest BCUT2D eigenvalue weighted by Crippen LogP contribution is 2.19. The lowest BCUT2D eigenvalue weighted by Crippen LogP contribution is -2.12. The van der Waals surface area contributed by atoms with Crippen LogP contribution in [0.1, 0.15) is 37.0 Å². The Morgan fingerprint density at radius 3 is 2.00 bits per heavy atom. The summed E-state index contributed by atoms with van der Waals surface area (Å²) in [7, 11) is 0. The monoisotopic (exact) mass is 358 g/mol. The molecule has 138 valence electrons. The summed E-state index contributed by atoms with van der Waals surface area (Å²) in [5, 5.41) is 0. The summed E-state index contributed by atoms with van der Waals surface area (Å²) in [6, 6.07) is 12.8. The van der Waals surface area contributed by atoms with Crippen LogP contribution in [0, 0.1) is 0 Å². The number of benzene rings is 2. The number of esters is 1. The lowest BCUT2D eigenvalue weighted by atomic mass is 10.2. The number of carbonyl (C=O) groups is 2. The molecule has 2 aromatic rings. The molecule has 0 saturated carbocycles. The zero-order valence-electron chi connectivity index (χ0n) is 14.9. The molecule has 0 aliphatic carbocycles. The van der Waals surface area contributed by atoms with Crippen molar-refractivity contribution in [2.75, 3.05) is 13.2 Å². The van der Waals surface area contributed by atoms with Crippen molar-refractivity contribution in [2.24, 2.45) is 0 Å². The smallest absolute Gasteiger partial charge is 0.494 e. The lowest BCUT2D eigenvalue weighted by molar-refractivity contribution is 0.0734. The predicted octanol–water partition coefficient (Wildman–Crippen LogP) is 4.62. The van der Waals surface area contributed by atoms with Gasteiger partial charge in [0.25, 0.3) is 0 Å². The van der Waals surface area contributed by atoms with Gasteiger partial charge in [0.2, 0.25) is 0 Å². The fourth-order valence-electron chi connectivity index (χ4n) is 2.02. The third-order valence-electron chi connectivity index (χ3n) is 3.35. The Kier molecular flexibility index (Phi) is 7.49. The standard InChI is InChI=1S/C20H22O6/c1-3-5-14-24-20(22)26-18-8-6-15(7-9-18)19(21)25-17-12-10-16(11-13-17)23-4-2/h6-13H,3-5,14H2,1-2H3. The van der Waals surface area contributed by atoms with Gasteiger partial charge in [0.15, 0.2) is 0 Å². The average molecular weight is 358 g/mol. The Hall–Kier alpha value is -3.02. The van der Waals surface area contributed by atoms with E-state index < -0.39 is 12.1 Å². The SMILES string of the molecule is CCCCOC(=O)Oc1ccc(C(=O)Oc2ccc(OCC)cc2)cc1. The molecule has 26 heavy (non-hydrogen) atoms. The highest BCUT2D eigenvalue weighted by molar-refractivity contribution is 5.91. The Morgan fingerprint density at radius 2 is 1.38 bits per heavy atom. The molecule has 2 rings (SSSR count). The topological polar surface area (TPSA) is 71.1 Å². The molecule has 0 saturated heterocycles. The van der Waals surface area contributed by atoms with Crippen molar-refractivity contribution in [2.45, 2.75) is 26.7 Å². The minimum Gasteiger partial charge on any atom is -0.494 e. The van der Waals surface area contributed by atoms with Gasteiger partial charge in [-0.1, -0.05) is 13.3 Å². The van der Waals surface area contributed by atoms with Crippen LogP contribution in [-0.2, 0) is 4.74 Å². The first-order valence-electron chi connectivity index (χ1n) is 8.52. The van der Waals surface area contributed by atoms with Gasteiger partial charge in [-0.05, 0) is 61.9 Å². The van der Waals surface area contributed by atoms with E-state index in [1.165, 1.54) is 24.3 Å². The fourth-order valence-corrected chi connectivity index (χ4v) is 2.02. The summed E-state index contributed by atoms with van der Waals surface area (Å²) in [5.41, 5.74) is 0.339. The molecule has 0 heterocycles. The number of carbonyl (C=O) groups excluding carboxylic acids is 2. The second kappa shape index (κ2) is 10.1. The van der Waals surface area contributed by atoms with E-state index in [0.717, 1.165) is 12.8 Å². The van der Waals surface area contributed by atoms with E-state index in [9.17, 15) is 9.59 Å². The third kappa shape index (κ3) is 6.12. The second-order valence-electron chi connectivity index (χ2n) is 5.37. The van der Waals surface area contributed by atoms with Gasteiger partial charge < -0.3 is 18.9 Å². The van der Waals surface area contributed by atoms with E-state index in [4.69, 9.17) is 18.9 Å². The first-order valence-corrected chi connectivity index (χ1v) is 8.52. The number of ether oxygens (including phenoxy) is 4. The van der Waals surface area contributed by atoms with Crippen molar-refractivity contribution < 1.29 is 28.5 Å². The maximum absolute atomic E-state index is 12.1. The molecule has 0 aliphatic heterocycles. The number of hydrogen-bond acceptors (Lipinski definition) is 6. The molecule has 0 atom stereocenters. The van der Waals surface area contributed by atoms with Crippen LogP contribution < -0.4 is 14.2 Å². The van der Waals surface area contributed by atoms with Gasteiger partial charge >= 0.3 is 12.1 Å². The third-order valence-corrected chi connectivity index (χ3v) is 3.35. The van der Waals surface area contributed by atoms with Crippen LogP contribution in [-0.4, -0.2) is 25.3 Å². The van der Waals surface area contributed by atoms with Crippen LogP contribution in [0.2, 0.25) is 0 Å². The zero-order valence-corrected chi connectivity index (χ0v) is 14.9. The van der Waals surface area contributed by atoms with Gasteiger partial charge in [0, 0.05) is 0 Å². The fraction of sp³-hybridized carbons (Fsp3) is 0.300. The first-order chi connectivity index (χ1) is 12.6. The zero-order chi connectivity index (χ0) is 18.8. The van der Waals surface area contributed by atoms with E-state index in [1.54, 1.807) is 24.3 Å². The highest BCUT2D eigenvalue weighted by Gasteiger charge is 2.11. The van der Waals surface area contributed by atoms with Crippen molar-refractivity contribution >= 4 is 12.1 Å². The Labute approximate surface area is 152 Å². The molecule has 0 aliphatic rings. The van der Waals surface area contributed by atoms with E-state index in [0.29, 0.717) is 36.0 Å². The van der Waals surface area contributed by atoms with Crippen LogP contribution in [0.5, 0.6) is 17.2 Å². The summed E-state index contributed by atoms with van der Waals surface area (Å²) < 4.78 is 20.6. The van der Waals surface area contributed by atoms with Gasteiger partial charge in [0.1, 0.15) is 17.2 Å². The Balaban J connectivity index is 1.88. The molecule has 6 nitrogen and oxygen atoms in total. The van der Waals surface area contributed by atoms with Crippen LogP contribution in [0.3, 0.4) is 0 Å². The van der Waals surface area contributed by atoms with Crippen LogP contribution in [0.15, 0.2) is 48.5 Å². The normalized spacial score (nSPS) is 10.1. The van der Waals surface area contributed by atoms with Gasteiger partial charge in [0.05, 0.1) is 18.8 Å². The molecule has 0 aromatic heterocycles. The molecule has 0 spiro atoms. The molecule has 2 aromatic carbocycles. The Bertz CT molecular complexity index is 706. The summed E-state index contributed by atoms with van der Waals surface area (Å²) in [5.74, 6) is 0.910. The summed E-state index contributed by atoms with van der Waals surface area (Å²) >= 11 is 0. The van der Waals surface area contributed by atoms with Gasteiger partial charge in [-0.3, -0.25) is 0 Å². The number of unbranched alkanes of at least 4 members (excludes halogenated alkanes) is 1. The summed E-state index contributed by atoms with van der Waals surface area (Å²) in [6.45, 7) is 4.79. The molecule has 0 bridgehead atoms. The van der Waals surface area contributed by atoms with Crippen LogP contribution >= 0.6 is 0 Å². The minimum absolute atomic E-state index is 0.295. The van der Waals surface area contributed by atoms with Crippen molar-refractivity contribution in [3.8, 4) is 17.2 Å². The Morgan fingerprint density at radius 1 is 0.808 bits per heavy atom. The molecule has 0 unspecified atom stereocenters. The van der Waals surface area contributed by atoms with Gasteiger partial charge in [-0.25, -0.2) is 9.59 Å². The first kappa shape index (κ1) is 19.3. The number of hydrogen-bond donors (Lipinski definition) is 0. The second-order valence-corrected chi connectivity index (χ2v) is 5.37. The van der Waals surface area contributed by atoms with Crippen molar-refractivity contribution in [3.05, 3.63) is 54.1 Å². The van der Waals surface area contributed by atoms with Gasteiger partial charge in [-0.15, -0.1) is 0 Å². The lowest BCUT2D eigenvalue weighted by Gasteiger charge is -2.07. The molecular formula is C20H22O6. The highest BCUT2D eigenvalue weighted by atomic mass is 16.7. The molecule has 0 radical (unpaired) electrons. The minimum atomic E-state index is -0.761.